The number of hydrazone groups is 1. The van der Waals surface area contributed by atoms with Gasteiger partial charge in [-0.2, -0.15) is 5.10 Å². The zero-order valence-electron chi connectivity index (χ0n) is 16.2. The summed E-state index contributed by atoms with van der Waals surface area (Å²) in [7, 11) is 0. The van der Waals surface area contributed by atoms with Crippen LogP contribution in [0.25, 0.3) is 0 Å². The normalized spacial score (nSPS) is 21.0. The van der Waals surface area contributed by atoms with Gasteiger partial charge in [0.1, 0.15) is 5.82 Å². The SMILES string of the molecule is CC1CCN(CC(=O)N2N=C(c3ccccc3)CC2c2ccc(F)cc2)CC1. The largest absolute Gasteiger partial charge is 0.294 e. The fourth-order valence-electron chi connectivity index (χ4n) is 3.97. The summed E-state index contributed by atoms with van der Waals surface area (Å²) in [4.78, 5) is 15.3. The Morgan fingerprint density at radius 2 is 1.75 bits per heavy atom. The predicted octanol–water partition coefficient (Wildman–Crippen LogP) is 4.24. The van der Waals surface area contributed by atoms with Gasteiger partial charge in [0.15, 0.2) is 0 Å². The Bertz CT molecular complexity index is 842. The van der Waals surface area contributed by atoms with Gasteiger partial charge in [0.05, 0.1) is 18.3 Å². The smallest absolute Gasteiger partial charge is 0.257 e. The molecule has 1 unspecified atom stereocenters. The van der Waals surface area contributed by atoms with Crippen LogP contribution in [0.5, 0.6) is 0 Å². The Kier molecular flexibility index (Phi) is 5.53. The van der Waals surface area contributed by atoms with Crippen LogP contribution in [0.2, 0.25) is 0 Å². The second-order valence-electron chi connectivity index (χ2n) is 7.88. The molecule has 0 aliphatic carbocycles. The van der Waals surface area contributed by atoms with E-state index < -0.39 is 0 Å². The van der Waals surface area contributed by atoms with Crippen molar-refractivity contribution in [1.82, 2.24) is 9.91 Å². The molecule has 2 aromatic carbocycles. The van der Waals surface area contributed by atoms with Gasteiger partial charge in [-0.3, -0.25) is 9.69 Å². The molecular formula is C23H26FN3O. The van der Waals surface area contributed by atoms with Gasteiger partial charge in [-0.1, -0.05) is 49.4 Å². The van der Waals surface area contributed by atoms with Gasteiger partial charge in [-0.15, -0.1) is 0 Å². The summed E-state index contributed by atoms with van der Waals surface area (Å²) >= 11 is 0. The number of benzene rings is 2. The number of halogens is 1. The first kappa shape index (κ1) is 18.8. The fraction of sp³-hybridized carbons (Fsp3) is 0.391. The molecule has 2 aromatic rings. The van der Waals surface area contributed by atoms with Gasteiger partial charge < -0.3 is 0 Å². The quantitative estimate of drug-likeness (QED) is 0.797. The lowest BCUT2D eigenvalue weighted by Gasteiger charge is -2.31. The lowest BCUT2D eigenvalue weighted by atomic mass is 9.98. The number of carbonyl (C=O) groups is 1. The van der Waals surface area contributed by atoms with E-state index in [1.807, 2.05) is 30.3 Å². The minimum atomic E-state index is -0.272. The molecule has 2 aliphatic rings. The Morgan fingerprint density at radius 3 is 2.43 bits per heavy atom. The van der Waals surface area contributed by atoms with Crippen LogP contribution in [0.3, 0.4) is 0 Å². The molecule has 0 spiro atoms. The number of rotatable bonds is 4. The van der Waals surface area contributed by atoms with E-state index in [4.69, 9.17) is 5.10 Å². The van der Waals surface area contributed by atoms with E-state index in [0.717, 1.165) is 48.7 Å². The second kappa shape index (κ2) is 8.23. The highest BCUT2D eigenvalue weighted by molar-refractivity contribution is 6.03. The Labute approximate surface area is 165 Å². The standard InChI is InChI=1S/C23H26FN3O/c1-17-11-13-26(14-12-17)16-23(28)27-22(19-7-9-20(24)10-8-19)15-21(25-27)18-5-3-2-4-6-18/h2-10,17,22H,11-16H2,1H3. The number of nitrogens with zero attached hydrogens (tertiary/aromatic N) is 3. The summed E-state index contributed by atoms with van der Waals surface area (Å²) < 4.78 is 13.4. The molecule has 0 saturated carbocycles. The van der Waals surface area contributed by atoms with Crippen molar-refractivity contribution in [2.24, 2.45) is 11.0 Å². The van der Waals surface area contributed by atoms with Crippen molar-refractivity contribution >= 4 is 11.6 Å². The third kappa shape index (κ3) is 4.14. The van der Waals surface area contributed by atoms with Gasteiger partial charge in [-0.25, -0.2) is 9.40 Å². The summed E-state index contributed by atoms with van der Waals surface area (Å²) in [5.74, 6) is 0.467. The highest BCUT2D eigenvalue weighted by Gasteiger charge is 2.34. The zero-order valence-corrected chi connectivity index (χ0v) is 16.2. The molecule has 0 N–H and O–H groups in total. The number of hydrogen-bond acceptors (Lipinski definition) is 3. The van der Waals surface area contributed by atoms with Gasteiger partial charge in [0.25, 0.3) is 5.91 Å². The summed E-state index contributed by atoms with van der Waals surface area (Å²) in [6, 6.07) is 16.2. The minimum absolute atomic E-state index is 0.00908. The number of hydrogen-bond donors (Lipinski definition) is 0. The summed E-state index contributed by atoms with van der Waals surface area (Å²) in [5.41, 5.74) is 2.84. The Morgan fingerprint density at radius 1 is 1.07 bits per heavy atom. The second-order valence-corrected chi connectivity index (χ2v) is 7.88. The molecule has 1 fully saturated rings. The summed E-state index contributed by atoms with van der Waals surface area (Å²) in [6.45, 7) is 4.56. The average Bonchev–Trinajstić information content (AvgIpc) is 3.17. The van der Waals surface area contributed by atoms with Crippen LogP contribution in [0.15, 0.2) is 59.7 Å². The van der Waals surface area contributed by atoms with E-state index in [1.54, 1.807) is 17.1 Å². The van der Waals surface area contributed by atoms with Crippen molar-refractivity contribution in [3.63, 3.8) is 0 Å². The Hall–Kier alpha value is -2.53. The highest BCUT2D eigenvalue weighted by Crippen LogP contribution is 2.33. The van der Waals surface area contributed by atoms with Gasteiger partial charge in [-0.05, 0) is 55.1 Å². The minimum Gasteiger partial charge on any atom is -0.294 e. The highest BCUT2D eigenvalue weighted by atomic mass is 19.1. The maximum atomic E-state index is 13.4. The number of likely N-dealkylation sites (tertiary alicyclic amines) is 1. The van der Waals surface area contributed by atoms with Crippen LogP contribution >= 0.6 is 0 Å². The van der Waals surface area contributed by atoms with Crippen molar-refractivity contribution in [3.05, 3.63) is 71.5 Å². The number of amides is 1. The van der Waals surface area contributed by atoms with Crippen LogP contribution in [0.1, 0.15) is 43.4 Å². The zero-order chi connectivity index (χ0) is 19.5. The van der Waals surface area contributed by atoms with Crippen LogP contribution < -0.4 is 0 Å². The first-order valence-corrected chi connectivity index (χ1v) is 10.0. The first-order valence-electron chi connectivity index (χ1n) is 10.0. The molecule has 28 heavy (non-hydrogen) atoms. The molecular weight excluding hydrogens is 353 g/mol. The third-order valence-corrected chi connectivity index (χ3v) is 5.76. The topological polar surface area (TPSA) is 35.9 Å². The van der Waals surface area contributed by atoms with Crippen molar-refractivity contribution in [1.29, 1.82) is 0 Å². The van der Waals surface area contributed by atoms with Crippen LogP contribution in [-0.4, -0.2) is 41.2 Å². The summed E-state index contributed by atoms with van der Waals surface area (Å²) in [6.07, 6.45) is 2.90. The molecule has 4 rings (SSSR count). The van der Waals surface area contributed by atoms with Crippen molar-refractivity contribution in [3.8, 4) is 0 Å². The van der Waals surface area contributed by atoms with E-state index in [0.29, 0.717) is 13.0 Å². The molecule has 146 valence electrons. The molecule has 2 heterocycles. The molecule has 2 aliphatic heterocycles. The van der Waals surface area contributed by atoms with Crippen molar-refractivity contribution in [2.75, 3.05) is 19.6 Å². The van der Waals surface area contributed by atoms with Crippen LogP contribution in [0, 0.1) is 11.7 Å². The molecule has 0 bridgehead atoms. The molecule has 0 aromatic heterocycles. The van der Waals surface area contributed by atoms with E-state index in [9.17, 15) is 9.18 Å². The fourth-order valence-corrected chi connectivity index (χ4v) is 3.97. The van der Waals surface area contributed by atoms with E-state index in [1.165, 1.54) is 12.1 Å². The average molecular weight is 379 g/mol. The lowest BCUT2D eigenvalue weighted by Crippen LogP contribution is -2.41. The summed E-state index contributed by atoms with van der Waals surface area (Å²) in [5, 5.41) is 6.32. The van der Waals surface area contributed by atoms with E-state index in [2.05, 4.69) is 11.8 Å². The van der Waals surface area contributed by atoms with Crippen molar-refractivity contribution in [2.45, 2.75) is 32.2 Å². The Balaban J connectivity index is 1.56. The van der Waals surface area contributed by atoms with Gasteiger partial charge >= 0.3 is 0 Å². The number of piperidine rings is 1. The molecule has 1 amide bonds. The monoisotopic (exact) mass is 379 g/mol. The molecule has 1 atom stereocenters. The maximum Gasteiger partial charge on any atom is 0.257 e. The molecule has 1 saturated heterocycles. The molecule has 4 nitrogen and oxygen atoms in total. The van der Waals surface area contributed by atoms with E-state index >= 15 is 0 Å². The maximum absolute atomic E-state index is 13.4. The number of carbonyl (C=O) groups excluding carboxylic acids is 1. The first-order chi connectivity index (χ1) is 13.6. The predicted molar refractivity (Wildman–Crippen MR) is 108 cm³/mol. The van der Waals surface area contributed by atoms with Gasteiger partial charge in [0.2, 0.25) is 0 Å². The van der Waals surface area contributed by atoms with Gasteiger partial charge in [0, 0.05) is 6.42 Å². The third-order valence-electron chi connectivity index (χ3n) is 5.76. The van der Waals surface area contributed by atoms with Crippen LogP contribution in [0.4, 0.5) is 4.39 Å². The van der Waals surface area contributed by atoms with E-state index in [-0.39, 0.29) is 17.8 Å². The molecule has 0 radical (unpaired) electrons. The van der Waals surface area contributed by atoms with Crippen LogP contribution in [-0.2, 0) is 4.79 Å². The van der Waals surface area contributed by atoms with Crippen molar-refractivity contribution < 1.29 is 9.18 Å². The lowest BCUT2D eigenvalue weighted by molar-refractivity contribution is -0.134. The molecule has 5 heteroatoms.